The molecule has 2 amide bonds. The van der Waals surface area contributed by atoms with Crippen molar-refractivity contribution in [1.29, 1.82) is 0 Å². The molecule has 0 spiro atoms. The molecule has 0 saturated heterocycles. The van der Waals surface area contributed by atoms with Crippen LogP contribution in [0.3, 0.4) is 0 Å². The fourth-order valence-electron chi connectivity index (χ4n) is 4.20. The molecule has 216 valence electrons. The highest BCUT2D eigenvalue weighted by Crippen LogP contribution is 2.15. The Labute approximate surface area is 247 Å². The number of rotatable bonds is 10. The summed E-state index contributed by atoms with van der Waals surface area (Å²) in [6.07, 6.45) is 5.01. The second-order valence-corrected chi connectivity index (χ2v) is 11.7. The first-order valence-corrected chi connectivity index (χ1v) is 15.3. The van der Waals surface area contributed by atoms with Gasteiger partial charge >= 0.3 is 0 Å². The number of furan rings is 1. The van der Waals surface area contributed by atoms with E-state index in [0.29, 0.717) is 28.1 Å². The number of nitrogens with zero attached hydrogens (tertiary/aromatic N) is 2. The summed E-state index contributed by atoms with van der Waals surface area (Å²) in [5.74, 6) is 5.47. The van der Waals surface area contributed by atoms with Gasteiger partial charge in [-0.1, -0.05) is 50.0 Å². The predicted molar refractivity (Wildman–Crippen MR) is 167 cm³/mol. The van der Waals surface area contributed by atoms with E-state index in [-0.39, 0.29) is 17.2 Å². The van der Waals surface area contributed by atoms with Gasteiger partial charge in [-0.15, -0.1) is 0 Å². The van der Waals surface area contributed by atoms with Crippen LogP contribution in [0.15, 0.2) is 94.7 Å². The molecule has 8 nitrogen and oxygen atoms in total. The smallest absolute Gasteiger partial charge is 0.291 e. The first-order valence-electron chi connectivity index (χ1n) is 13.7. The van der Waals surface area contributed by atoms with E-state index in [1.165, 1.54) is 12.5 Å². The van der Waals surface area contributed by atoms with Crippen LogP contribution in [0.25, 0.3) is 0 Å². The van der Waals surface area contributed by atoms with Gasteiger partial charge < -0.3 is 14.6 Å². The summed E-state index contributed by atoms with van der Waals surface area (Å²) in [6.45, 7) is 8.50. The van der Waals surface area contributed by atoms with Gasteiger partial charge in [-0.05, 0) is 74.3 Å². The van der Waals surface area contributed by atoms with E-state index < -0.39 is 15.6 Å². The first-order chi connectivity index (χ1) is 20.3. The molecule has 2 heterocycles. The van der Waals surface area contributed by atoms with Crippen molar-refractivity contribution >= 4 is 32.6 Å². The maximum atomic E-state index is 14.0. The van der Waals surface area contributed by atoms with Gasteiger partial charge in [-0.3, -0.25) is 19.3 Å². The number of amides is 2. The molecule has 0 aliphatic carbocycles. The minimum Gasteiger partial charge on any atom is -0.459 e. The fourth-order valence-corrected chi connectivity index (χ4v) is 5.99. The second-order valence-electron chi connectivity index (χ2n) is 9.51. The Morgan fingerprint density at radius 1 is 0.952 bits per heavy atom. The van der Waals surface area contributed by atoms with Gasteiger partial charge in [0.05, 0.1) is 21.5 Å². The van der Waals surface area contributed by atoms with Crippen LogP contribution in [-0.4, -0.2) is 50.9 Å². The van der Waals surface area contributed by atoms with Crippen molar-refractivity contribution in [2.45, 2.75) is 32.1 Å². The third-order valence-corrected chi connectivity index (χ3v) is 8.74. The largest absolute Gasteiger partial charge is 0.459 e. The lowest BCUT2D eigenvalue weighted by molar-refractivity contribution is 0.0978. The number of hydrogen-bond donors (Lipinski definition) is 2. The summed E-state index contributed by atoms with van der Waals surface area (Å²) >= 11 is 0. The monoisotopic (exact) mass is 582 g/mol. The summed E-state index contributed by atoms with van der Waals surface area (Å²) in [5.41, 5.74) is 2.74. The number of hydrogen-bond acceptors (Lipinski definition) is 6. The molecular formula is C33H34N4O4S. The van der Waals surface area contributed by atoms with Crippen molar-refractivity contribution in [3.8, 4) is 11.8 Å². The van der Waals surface area contributed by atoms with Gasteiger partial charge in [0.2, 0.25) is 0 Å². The molecule has 0 aliphatic rings. The summed E-state index contributed by atoms with van der Waals surface area (Å²) in [7, 11) is -2.99. The van der Waals surface area contributed by atoms with Gasteiger partial charge in [0.25, 0.3) is 11.8 Å². The molecule has 9 heteroatoms. The number of aryl methyl sites for hydroxylation is 1. The Kier molecular flexibility index (Phi) is 10.3. The van der Waals surface area contributed by atoms with Crippen LogP contribution < -0.4 is 10.0 Å². The van der Waals surface area contributed by atoms with Crippen LogP contribution in [0.5, 0.6) is 0 Å². The topological polar surface area (TPSA) is 105 Å². The first kappa shape index (κ1) is 30.3. The van der Waals surface area contributed by atoms with E-state index in [1.807, 2.05) is 12.1 Å². The molecule has 0 saturated carbocycles. The van der Waals surface area contributed by atoms with Gasteiger partial charge in [0.1, 0.15) is 0 Å². The maximum absolute atomic E-state index is 14.0. The quantitative estimate of drug-likeness (QED) is 0.198. The molecule has 4 rings (SSSR count). The third kappa shape index (κ3) is 7.97. The van der Waals surface area contributed by atoms with Crippen molar-refractivity contribution in [3.05, 3.63) is 113 Å². The Hall–Kier alpha value is -4.65. The minimum atomic E-state index is -2.99. The molecule has 2 N–H and O–H groups in total. The lowest BCUT2D eigenvalue weighted by Gasteiger charge is -2.18. The number of pyridine rings is 1. The molecule has 0 radical (unpaired) electrons. The molecule has 1 unspecified atom stereocenters. The van der Waals surface area contributed by atoms with Crippen LogP contribution in [0, 0.1) is 18.8 Å². The molecule has 2 aromatic heterocycles. The number of nitrogens with one attached hydrogen (secondary N) is 2. The van der Waals surface area contributed by atoms with E-state index in [2.05, 4.69) is 45.6 Å². The van der Waals surface area contributed by atoms with Crippen molar-refractivity contribution in [1.82, 2.24) is 14.6 Å². The average Bonchev–Trinajstić information content (AvgIpc) is 3.45. The molecule has 2 aromatic carbocycles. The zero-order valence-electron chi connectivity index (χ0n) is 23.9. The van der Waals surface area contributed by atoms with Crippen LogP contribution in [0.1, 0.15) is 57.9 Å². The number of carbonyl (C=O) groups excluding carboxylic acids is 2. The highest BCUT2D eigenvalue weighted by Gasteiger charge is 2.17. The molecule has 42 heavy (non-hydrogen) atoms. The normalized spacial score (nSPS) is 12.1. The van der Waals surface area contributed by atoms with Crippen LogP contribution in [0.2, 0.25) is 0 Å². The predicted octanol–water partition coefficient (Wildman–Crippen LogP) is 5.16. The molecule has 4 aromatic rings. The standard InChI is InChI=1S/C33H34N4O4S/c1-4-37(5-2)18-10-20-42(40,30-13-7-6-8-14-30)36-32(38)28-21-27(23-34-24-28)16-15-26-11-9-12-29(22-26)35-33(39)31-25(3)17-19-41-31/h6-9,11-14,17,19-24H,4-5,10,18H2,1-3H3,(H,35,39)(H,36,38,40). The SMILES string of the molecule is CCN(CC)CCC=S(=O)(NC(=O)c1cncc(C#Cc2cccc(NC(=O)c3occc3C)c2)c1)c1ccccc1. The van der Waals surface area contributed by atoms with Gasteiger partial charge in [-0.25, -0.2) is 4.21 Å². The van der Waals surface area contributed by atoms with Crippen molar-refractivity contribution in [2.75, 3.05) is 25.0 Å². The lowest BCUT2D eigenvalue weighted by atomic mass is 10.1. The van der Waals surface area contributed by atoms with E-state index >= 15 is 0 Å². The number of carbonyl (C=O) groups is 2. The molecule has 0 aliphatic heterocycles. The number of benzene rings is 2. The summed E-state index contributed by atoms with van der Waals surface area (Å²) in [4.78, 5) is 32.7. The summed E-state index contributed by atoms with van der Waals surface area (Å²) < 4.78 is 22.0. The van der Waals surface area contributed by atoms with Crippen LogP contribution >= 0.6 is 0 Å². The highest BCUT2D eigenvalue weighted by molar-refractivity contribution is 8.00. The van der Waals surface area contributed by atoms with Crippen molar-refractivity contribution in [2.24, 2.45) is 0 Å². The molecule has 0 fully saturated rings. The summed E-state index contributed by atoms with van der Waals surface area (Å²) in [6, 6.07) is 19.4. The summed E-state index contributed by atoms with van der Waals surface area (Å²) in [5, 5.41) is 4.51. The van der Waals surface area contributed by atoms with Gasteiger partial charge in [0.15, 0.2) is 5.76 Å². The van der Waals surface area contributed by atoms with Gasteiger partial charge in [-0.2, -0.15) is 0 Å². The molecular weight excluding hydrogens is 548 g/mol. The zero-order chi connectivity index (χ0) is 30.0. The number of anilines is 1. The lowest BCUT2D eigenvalue weighted by Crippen LogP contribution is -2.33. The van der Waals surface area contributed by atoms with Crippen LogP contribution in [0.4, 0.5) is 5.69 Å². The Balaban J connectivity index is 1.51. The highest BCUT2D eigenvalue weighted by atomic mass is 32.2. The maximum Gasteiger partial charge on any atom is 0.291 e. The fraction of sp³-hybridized carbons (Fsp3) is 0.212. The third-order valence-electron chi connectivity index (χ3n) is 6.57. The zero-order valence-corrected chi connectivity index (χ0v) is 24.7. The minimum absolute atomic E-state index is 0.248. The Morgan fingerprint density at radius 2 is 1.71 bits per heavy atom. The van der Waals surface area contributed by atoms with E-state index in [0.717, 1.165) is 25.2 Å². The van der Waals surface area contributed by atoms with E-state index in [4.69, 9.17) is 4.42 Å². The van der Waals surface area contributed by atoms with Crippen molar-refractivity contribution in [3.63, 3.8) is 0 Å². The van der Waals surface area contributed by atoms with Crippen molar-refractivity contribution < 1.29 is 18.2 Å². The molecule has 1 atom stereocenters. The Morgan fingerprint density at radius 3 is 2.43 bits per heavy atom. The van der Waals surface area contributed by atoms with Crippen LogP contribution in [-0.2, 0) is 9.71 Å². The second kappa shape index (κ2) is 14.3. The molecule has 0 bridgehead atoms. The Bertz CT molecular complexity index is 1720. The number of aromatic nitrogens is 1. The average molecular weight is 583 g/mol. The van der Waals surface area contributed by atoms with Gasteiger partial charge in [0, 0.05) is 46.2 Å². The van der Waals surface area contributed by atoms with E-state index in [9.17, 15) is 13.8 Å². The van der Waals surface area contributed by atoms with E-state index in [1.54, 1.807) is 73.1 Å².